The van der Waals surface area contributed by atoms with Gasteiger partial charge in [-0.15, -0.1) is 0 Å². The first-order chi connectivity index (χ1) is 12.2. The van der Waals surface area contributed by atoms with Gasteiger partial charge in [0.05, 0.1) is 6.61 Å². The first kappa shape index (κ1) is 18.7. The molecule has 2 aromatic rings. The van der Waals surface area contributed by atoms with E-state index in [0.29, 0.717) is 30.8 Å². The maximum absolute atomic E-state index is 12.2. The van der Waals surface area contributed by atoms with Gasteiger partial charge in [-0.3, -0.25) is 9.59 Å². The first-order valence-corrected chi connectivity index (χ1v) is 8.40. The van der Waals surface area contributed by atoms with Crippen molar-refractivity contribution in [3.63, 3.8) is 0 Å². The van der Waals surface area contributed by atoms with Crippen LogP contribution in [0.5, 0.6) is 0 Å². The summed E-state index contributed by atoms with van der Waals surface area (Å²) in [5, 5.41) is 5.64. The predicted octanol–water partition coefficient (Wildman–Crippen LogP) is 2.43. The molecule has 0 unspecified atom stereocenters. The van der Waals surface area contributed by atoms with Crippen LogP contribution in [0.1, 0.15) is 32.7 Å². The van der Waals surface area contributed by atoms with Crippen LogP contribution in [0.3, 0.4) is 0 Å². The number of ether oxygens (including phenoxy) is 1. The fourth-order valence-electron chi connectivity index (χ4n) is 2.41. The highest BCUT2D eigenvalue weighted by Gasteiger charge is 2.09. The molecule has 132 valence electrons. The van der Waals surface area contributed by atoms with E-state index in [2.05, 4.69) is 22.8 Å². The van der Waals surface area contributed by atoms with E-state index in [1.807, 2.05) is 18.2 Å². The Balaban J connectivity index is 1.81. The molecule has 2 aromatic carbocycles. The Hall–Kier alpha value is -2.66. The van der Waals surface area contributed by atoms with Crippen LogP contribution in [0, 0.1) is 0 Å². The van der Waals surface area contributed by atoms with E-state index in [0.717, 1.165) is 12.8 Å². The van der Waals surface area contributed by atoms with Crippen molar-refractivity contribution < 1.29 is 14.3 Å². The van der Waals surface area contributed by atoms with E-state index >= 15 is 0 Å². The topological polar surface area (TPSA) is 67.4 Å². The summed E-state index contributed by atoms with van der Waals surface area (Å²) in [5.74, 6) is -0.379. The van der Waals surface area contributed by atoms with Gasteiger partial charge < -0.3 is 15.4 Å². The van der Waals surface area contributed by atoms with Crippen LogP contribution in [0.2, 0.25) is 0 Å². The molecule has 5 heteroatoms. The number of methoxy groups -OCH3 is 1. The average molecular weight is 340 g/mol. The maximum atomic E-state index is 12.2. The lowest BCUT2D eigenvalue weighted by atomic mass is 10.1. The van der Waals surface area contributed by atoms with Crippen LogP contribution in [0.25, 0.3) is 0 Å². The summed E-state index contributed by atoms with van der Waals surface area (Å²) < 4.78 is 4.90. The van der Waals surface area contributed by atoms with Crippen LogP contribution in [0.15, 0.2) is 54.6 Å². The molecule has 5 nitrogen and oxygen atoms in total. The zero-order valence-corrected chi connectivity index (χ0v) is 14.5. The number of nitrogens with one attached hydrogen (secondary N) is 2. The minimum Gasteiger partial charge on any atom is -0.383 e. The minimum absolute atomic E-state index is 0.167. The van der Waals surface area contributed by atoms with Crippen LogP contribution >= 0.6 is 0 Å². The Morgan fingerprint density at radius 2 is 1.52 bits per heavy atom. The molecule has 2 rings (SSSR count). The molecular weight excluding hydrogens is 316 g/mol. The third kappa shape index (κ3) is 6.39. The van der Waals surface area contributed by atoms with E-state index in [9.17, 15) is 9.59 Å². The molecule has 0 radical (unpaired) electrons. The monoisotopic (exact) mass is 340 g/mol. The molecule has 0 saturated heterocycles. The summed E-state index contributed by atoms with van der Waals surface area (Å²) in [6, 6.07) is 16.9. The fourth-order valence-corrected chi connectivity index (χ4v) is 2.41. The largest absolute Gasteiger partial charge is 0.383 e. The lowest BCUT2D eigenvalue weighted by Gasteiger charge is -2.08. The quantitative estimate of drug-likeness (QED) is 0.689. The van der Waals surface area contributed by atoms with Crippen molar-refractivity contribution >= 4 is 11.8 Å². The molecule has 0 heterocycles. The maximum Gasteiger partial charge on any atom is 0.251 e. The van der Waals surface area contributed by atoms with E-state index in [1.165, 1.54) is 5.56 Å². The molecule has 2 amide bonds. The van der Waals surface area contributed by atoms with Crippen molar-refractivity contribution in [2.75, 3.05) is 26.8 Å². The van der Waals surface area contributed by atoms with E-state index in [1.54, 1.807) is 31.4 Å². The molecule has 0 atom stereocenters. The van der Waals surface area contributed by atoms with Gasteiger partial charge in [-0.2, -0.15) is 0 Å². The van der Waals surface area contributed by atoms with Crippen molar-refractivity contribution in [2.24, 2.45) is 0 Å². The summed E-state index contributed by atoms with van der Waals surface area (Å²) >= 11 is 0. The highest BCUT2D eigenvalue weighted by molar-refractivity contribution is 5.99. The second-order valence-corrected chi connectivity index (χ2v) is 5.67. The highest BCUT2D eigenvalue weighted by Crippen LogP contribution is 2.06. The lowest BCUT2D eigenvalue weighted by Crippen LogP contribution is -2.28. The van der Waals surface area contributed by atoms with Crippen molar-refractivity contribution in [1.29, 1.82) is 0 Å². The van der Waals surface area contributed by atoms with Crippen LogP contribution in [0.4, 0.5) is 0 Å². The van der Waals surface area contributed by atoms with Crippen LogP contribution < -0.4 is 10.6 Å². The van der Waals surface area contributed by atoms with Crippen LogP contribution in [-0.2, 0) is 11.2 Å². The summed E-state index contributed by atoms with van der Waals surface area (Å²) in [7, 11) is 1.58. The molecule has 0 saturated carbocycles. The summed E-state index contributed by atoms with van der Waals surface area (Å²) in [5.41, 5.74) is 2.21. The van der Waals surface area contributed by atoms with Gasteiger partial charge in [0.25, 0.3) is 11.8 Å². The number of carbonyl (C=O) groups is 2. The molecule has 0 aromatic heterocycles. The molecule has 0 bridgehead atoms. The summed E-state index contributed by atoms with van der Waals surface area (Å²) in [4.78, 5) is 24.2. The van der Waals surface area contributed by atoms with Gasteiger partial charge >= 0.3 is 0 Å². The predicted molar refractivity (Wildman–Crippen MR) is 97.7 cm³/mol. The molecule has 0 spiro atoms. The first-order valence-electron chi connectivity index (χ1n) is 8.40. The zero-order valence-electron chi connectivity index (χ0n) is 14.5. The van der Waals surface area contributed by atoms with E-state index in [-0.39, 0.29) is 11.8 Å². The third-order valence-corrected chi connectivity index (χ3v) is 3.75. The number of hydrogen-bond acceptors (Lipinski definition) is 3. The molecule has 0 aliphatic heterocycles. The second kappa shape index (κ2) is 10.3. The van der Waals surface area contributed by atoms with Crippen molar-refractivity contribution in [2.45, 2.75) is 12.8 Å². The number of hydrogen-bond donors (Lipinski definition) is 2. The smallest absolute Gasteiger partial charge is 0.251 e. The number of aryl methyl sites for hydroxylation is 1. The Labute approximate surface area is 148 Å². The number of carbonyl (C=O) groups excluding carboxylic acids is 2. The summed E-state index contributed by atoms with van der Waals surface area (Å²) in [6.45, 7) is 1.48. The molecule has 0 aliphatic carbocycles. The van der Waals surface area contributed by atoms with Gasteiger partial charge in [0.15, 0.2) is 0 Å². The van der Waals surface area contributed by atoms with Crippen molar-refractivity contribution in [1.82, 2.24) is 10.6 Å². The van der Waals surface area contributed by atoms with Gasteiger partial charge in [0, 0.05) is 31.3 Å². The van der Waals surface area contributed by atoms with Crippen LogP contribution in [-0.4, -0.2) is 38.6 Å². The SMILES string of the molecule is COCCNC(=O)c1cccc(C(=O)NCCCc2ccccc2)c1. The highest BCUT2D eigenvalue weighted by atomic mass is 16.5. The second-order valence-electron chi connectivity index (χ2n) is 5.67. The zero-order chi connectivity index (χ0) is 17.9. The Morgan fingerprint density at radius 3 is 2.16 bits per heavy atom. The Kier molecular flexibility index (Phi) is 7.66. The van der Waals surface area contributed by atoms with Crippen molar-refractivity contribution in [3.05, 3.63) is 71.3 Å². The molecule has 0 fully saturated rings. The number of amides is 2. The minimum atomic E-state index is -0.212. The van der Waals surface area contributed by atoms with Gasteiger partial charge in [-0.1, -0.05) is 36.4 Å². The number of benzene rings is 2. The normalized spacial score (nSPS) is 10.3. The molecule has 0 aliphatic rings. The third-order valence-electron chi connectivity index (χ3n) is 3.75. The van der Waals surface area contributed by atoms with Crippen molar-refractivity contribution in [3.8, 4) is 0 Å². The van der Waals surface area contributed by atoms with E-state index in [4.69, 9.17) is 4.74 Å². The summed E-state index contributed by atoms with van der Waals surface area (Å²) in [6.07, 6.45) is 1.79. The molecule has 25 heavy (non-hydrogen) atoms. The fraction of sp³-hybridized carbons (Fsp3) is 0.300. The van der Waals surface area contributed by atoms with Gasteiger partial charge in [-0.25, -0.2) is 0 Å². The number of rotatable bonds is 9. The molecular formula is C20H24N2O3. The van der Waals surface area contributed by atoms with Gasteiger partial charge in [-0.05, 0) is 36.6 Å². The lowest BCUT2D eigenvalue weighted by molar-refractivity contribution is 0.0937. The Morgan fingerprint density at radius 1 is 0.880 bits per heavy atom. The standard InChI is InChI=1S/C20H24N2O3/c1-25-14-13-22-20(24)18-11-5-10-17(15-18)19(23)21-12-6-9-16-7-3-2-4-8-16/h2-5,7-8,10-11,15H,6,9,12-14H2,1H3,(H,21,23)(H,22,24). The average Bonchev–Trinajstić information content (AvgIpc) is 2.66. The van der Waals surface area contributed by atoms with Gasteiger partial charge in [0.2, 0.25) is 0 Å². The molecule has 2 N–H and O–H groups in total. The van der Waals surface area contributed by atoms with Gasteiger partial charge in [0.1, 0.15) is 0 Å². The Bertz CT molecular complexity index is 686. The van der Waals surface area contributed by atoms with E-state index < -0.39 is 0 Å².